The number of aryl methyl sites for hydroxylation is 1. The Morgan fingerprint density at radius 1 is 1.14 bits per heavy atom. The minimum absolute atomic E-state index is 0.772. The van der Waals surface area contributed by atoms with Crippen molar-refractivity contribution in [3.8, 4) is 0 Å². The maximum Gasteiger partial charge on any atom is 0.0412 e. The van der Waals surface area contributed by atoms with E-state index in [1.165, 1.54) is 21.9 Å². The van der Waals surface area contributed by atoms with Crippen LogP contribution in [0.25, 0.3) is 10.8 Å². The van der Waals surface area contributed by atoms with Crippen molar-refractivity contribution in [3.05, 3.63) is 46.5 Å². The highest BCUT2D eigenvalue weighted by Gasteiger charge is 2.00. The predicted octanol–water partition coefficient (Wildman–Crippen LogP) is 4.23. The van der Waals surface area contributed by atoms with Gasteiger partial charge in [-0.1, -0.05) is 29.8 Å². The lowest BCUT2D eigenvalue weighted by Gasteiger charge is -2.05. The summed E-state index contributed by atoms with van der Waals surface area (Å²) in [5, 5.41) is 3.20. The summed E-state index contributed by atoms with van der Waals surface area (Å²) in [5.41, 5.74) is 2.55. The van der Waals surface area contributed by atoms with Crippen molar-refractivity contribution in [2.45, 2.75) is 12.7 Å². The number of rotatable bonds is 1. The molecule has 0 N–H and O–H groups in total. The molecule has 0 atom stereocenters. The molecule has 0 aliphatic heterocycles. The Morgan fingerprint density at radius 2 is 1.93 bits per heavy atom. The van der Waals surface area contributed by atoms with Crippen LogP contribution in [0.5, 0.6) is 0 Å². The third-order valence-corrected chi connectivity index (χ3v) is 3.00. The maximum atomic E-state index is 5.93. The second kappa shape index (κ2) is 3.84. The van der Waals surface area contributed by atoms with E-state index in [1.54, 1.807) is 0 Å². The second-order valence-corrected chi connectivity index (χ2v) is 4.18. The van der Waals surface area contributed by atoms with Crippen LogP contribution in [-0.2, 0) is 5.75 Å². The first-order valence-electron chi connectivity index (χ1n) is 4.50. The van der Waals surface area contributed by atoms with Crippen LogP contribution in [0.15, 0.2) is 30.3 Å². The third-order valence-electron chi connectivity index (χ3n) is 2.43. The van der Waals surface area contributed by atoms with Crippen molar-refractivity contribution in [2.75, 3.05) is 0 Å². The van der Waals surface area contributed by atoms with Crippen molar-refractivity contribution >= 4 is 35.0 Å². The molecule has 0 fully saturated rings. The van der Waals surface area contributed by atoms with Crippen LogP contribution in [0.1, 0.15) is 11.1 Å². The summed E-state index contributed by atoms with van der Waals surface area (Å²) in [7, 11) is 0. The molecule has 0 heterocycles. The summed E-state index contributed by atoms with van der Waals surface area (Å²) in [5.74, 6) is 0.772. The van der Waals surface area contributed by atoms with Crippen LogP contribution >= 0.6 is 24.2 Å². The monoisotopic (exact) mass is 222 g/mol. The number of benzene rings is 2. The van der Waals surface area contributed by atoms with Crippen molar-refractivity contribution in [3.63, 3.8) is 0 Å². The number of hydrogen-bond donors (Lipinski definition) is 1. The summed E-state index contributed by atoms with van der Waals surface area (Å²) in [6.07, 6.45) is 0. The van der Waals surface area contributed by atoms with E-state index in [2.05, 4.69) is 31.7 Å². The molecule has 2 rings (SSSR count). The number of fused-ring (bicyclic) bond motifs is 1. The molecule has 0 saturated heterocycles. The van der Waals surface area contributed by atoms with Gasteiger partial charge in [0.25, 0.3) is 0 Å². The van der Waals surface area contributed by atoms with Gasteiger partial charge in [-0.2, -0.15) is 12.6 Å². The average Bonchev–Trinajstić information content (AvgIpc) is 2.17. The Balaban J connectivity index is 2.73. The molecule has 72 valence electrons. The summed E-state index contributed by atoms with van der Waals surface area (Å²) >= 11 is 10.2. The molecule has 0 aliphatic rings. The molecule has 0 spiro atoms. The van der Waals surface area contributed by atoms with Crippen molar-refractivity contribution in [1.82, 2.24) is 0 Å². The van der Waals surface area contributed by atoms with E-state index in [0.717, 1.165) is 10.8 Å². The number of halogens is 1. The molecule has 0 unspecified atom stereocenters. The quantitative estimate of drug-likeness (QED) is 0.686. The maximum absolute atomic E-state index is 5.93. The molecular formula is C12H11ClS. The Bertz CT molecular complexity index is 477. The summed E-state index contributed by atoms with van der Waals surface area (Å²) < 4.78 is 0. The van der Waals surface area contributed by atoms with Gasteiger partial charge in [0, 0.05) is 10.8 Å². The van der Waals surface area contributed by atoms with Crippen LogP contribution in [0.2, 0.25) is 5.02 Å². The van der Waals surface area contributed by atoms with Crippen molar-refractivity contribution in [2.24, 2.45) is 0 Å². The van der Waals surface area contributed by atoms with Gasteiger partial charge in [-0.05, 0) is 41.0 Å². The van der Waals surface area contributed by atoms with Crippen molar-refractivity contribution in [1.29, 1.82) is 0 Å². The normalized spacial score (nSPS) is 10.8. The van der Waals surface area contributed by atoms with Gasteiger partial charge in [0.2, 0.25) is 0 Å². The fraction of sp³-hybridized carbons (Fsp3) is 0.167. The first kappa shape index (κ1) is 9.88. The summed E-state index contributed by atoms with van der Waals surface area (Å²) in [6.45, 7) is 2.11. The fourth-order valence-corrected chi connectivity index (χ4v) is 2.12. The summed E-state index contributed by atoms with van der Waals surface area (Å²) in [4.78, 5) is 0. The first-order valence-corrected chi connectivity index (χ1v) is 5.51. The summed E-state index contributed by atoms with van der Waals surface area (Å²) in [6, 6.07) is 10.3. The highest BCUT2D eigenvalue weighted by atomic mass is 35.5. The van der Waals surface area contributed by atoms with Crippen molar-refractivity contribution < 1.29 is 0 Å². The molecule has 2 aromatic carbocycles. The topological polar surface area (TPSA) is 0 Å². The van der Waals surface area contributed by atoms with Gasteiger partial charge in [-0.15, -0.1) is 0 Å². The minimum Gasteiger partial charge on any atom is -0.175 e. The van der Waals surface area contributed by atoms with E-state index in [-0.39, 0.29) is 0 Å². The van der Waals surface area contributed by atoms with E-state index in [4.69, 9.17) is 11.6 Å². The van der Waals surface area contributed by atoms with Gasteiger partial charge in [0.15, 0.2) is 0 Å². The molecule has 0 nitrogen and oxygen atoms in total. The van der Waals surface area contributed by atoms with Gasteiger partial charge in [-0.3, -0.25) is 0 Å². The molecule has 0 radical (unpaired) electrons. The van der Waals surface area contributed by atoms with E-state index in [1.807, 2.05) is 18.2 Å². The molecular weight excluding hydrogens is 212 g/mol. The SMILES string of the molecule is Cc1cc2ccc(Cl)cc2cc1CS. The van der Waals surface area contributed by atoms with Gasteiger partial charge < -0.3 is 0 Å². The molecule has 0 aliphatic carbocycles. The van der Waals surface area contributed by atoms with Gasteiger partial charge in [0.05, 0.1) is 0 Å². The zero-order chi connectivity index (χ0) is 10.1. The van der Waals surface area contributed by atoms with Crippen LogP contribution in [0.3, 0.4) is 0 Å². The van der Waals surface area contributed by atoms with Crippen LogP contribution in [-0.4, -0.2) is 0 Å². The standard InChI is InChI=1S/C12H11ClS/c1-8-4-9-2-3-12(13)6-10(9)5-11(8)7-14/h2-6,14H,7H2,1H3. The molecule has 14 heavy (non-hydrogen) atoms. The molecule has 2 heteroatoms. The van der Waals surface area contributed by atoms with Gasteiger partial charge in [-0.25, -0.2) is 0 Å². The predicted molar refractivity (Wildman–Crippen MR) is 66.4 cm³/mol. The fourth-order valence-electron chi connectivity index (χ4n) is 1.60. The highest BCUT2D eigenvalue weighted by Crippen LogP contribution is 2.23. The first-order chi connectivity index (χ1) is 6.70. The van der Waals surface area contributed by atoms with Crippen LogP contribution < -0.4 is 0 Å². The lowest BCUT2D eigenvalue weighted by atomic mass is 10.0. The van der Waals surface area contributed by atoms with E-state index < -0.39 is 0 Å². The molecule has 2 aromatic rings. The highest BCUT2D eigenvalue weighted by molar-refractivity contribution is 7.79. The van der Waals surface area contributed by atoms with Crippen LogP contribution in [0.4, 0.5) is 0 Å². The zero-order valence-electron chi connectivity index (χ0n) is 7.92. The smallest absolute Gasteiger partial charge is 0.0412 e. The largest absolute Gasteiger partial charge is 0.175 e. The zero-order valence-corrected chi connectivity index (χ0v) is 9.57. The molecule has 0 amide bonds. The van der Waals surface area contributed by atoms with E-state index >= 15 is 0 Å². The van der Waals surface area contributed by atoms with E-state index in [9.17, 15) is 0 Å². The van der Waals surface area contributed by atoms with Gasteiger partial charge in [0.1, 0.15) is 0 Å². The average molecular weight is 223 g/mol. The van der Waals surface area contributed by atoms with Crippen LogP contribution in [0, 0.1) is 6.92 Å². The Kier molecular flexibility index (Phi) is 2.71. The molecule has 0 bridgehead atoms. The molecule has 0 saturated carbocycles. The Labute approximate surface area is 94.3 Å². The lowest BCUT2D eigenvalue weighted by molar-refractivity contribution is 1.34. The van der Waals surface area contributed by atoms with Gasteiger partial charge >= 0.3 is 0 Å². The number of thiol groups is 1. The second-order valence-electron chi connectivity index (χ2n) is 3.43. The minimum atomic E-state index is 0.772. The lowest BCUT2D eigenvalue weighted by Crippen LogP contribution is -1.85. The third kappa shape index (κ3) is 1.75. The van der Waals surface area contributed by atoms with E-state index in [0.29, 0.717) is 0 Å². The Morgan fingerprint density at radius 3 is 2.64 bits per heavy atom. The number of hydrogen-bond acceptors (Lipinski definition) is 1. The molecule has 0 aromatic heterocycles. The Hall–Kier alpha value is -0.660.